The lowest BCUT2D eigenvalue weighted by atomic mass is 9.34. The highest BCUT2D eigenvalue weighted by atomic mass is 16.7. The second kappa shape index (κ2) is 6.18. The Bertz CT molecular complexity index is 1180. The largest absolute Gasteiger partial charge is 0.472 e. The summed E-state index contributed by atoms with van der Waals surface area (Å²) < 4.78 is 23.1. The summed E-state index contributed by atoms with van der Waals surface area (Å²) in [4.78, 5) is 25.5. The van der Waals surface area contributed by atoms with Crippen LogP contribution >= 0.6 is 0 Å². The Hall–Kier alpha value is -1.98. The summed E-state index contributed by atoms with van der Waals surface area (Å²) in [6, 6.07) is 1.68. The van der Waals surface area contributed by atoms with Crippen LogP contribution in [0.5, 0.6) is 0 Å². The summed E-state index contributed by atoms with van der Waals surface area (Å²) in [7, 11) is 0. The third kappa shape index (κ3) is 2.00. The van der Waals surface area contributed by atoms with E-state index in [1.807, 2.05) is 6.92 Å². The van der Waals surface area contributed by atoms with E-state index in [1.54, 1.807) is 19.9 Å². The molecule has 5 heterocycles. The molecule has 0 radical (unpaired) electrons. The molecule has 6 fully saturated rings. The van der Waals surface area contributed by atoms with Crippen molar-refractivity contribution in [2.24, 2.45) is 28.1 Å². The Kier molecular flexibility index (Phi) is 3.98. The molecule has 2 bridgehead atoms. The number of esters is 2. The highest BCUT2D eigenvalue weighted by molar-refractivity contribution is 5.74. The van der Waals surface area contributed by atoms with Gasteiger partial charge in [0.05, 0.1) is 30.5 Å². The molecule has 0 amide bonds. The van der Waals surface area contributed by atoms with Gasteiger partial charge in [-0.05, 0) is 30.2 Å². The number of fused-ring (bicyclic) bond motifs is 1. The van der Waals surface area contributed by atoms with E-state index < -0.39 is 81.2 Å². The van der Waals surface area contributed by atoms with Gasteiger partial charge in [0.15, 0.2) is 0 Å². The molecule has 1 aromatic rings. The molecule has 10 heteroatoms. The molecule has 4 saturated heterocycles. The first-order valence-electron chi connectivity index (χ1n) is 12.7. The number of aliphatic hydroxyl groups is 4. The molecule has 2 aliphatic carbocycles. The van der Waals surface area contributed by atoms with Gasteiger partial charge in [-0.1, -0.05) is 20.8 Å². The molecule has 0 aromatic carbocycles. The first kappa shape index (κ1) is 23.2. The van der Waals surface area contributed by atoms with E-state index in [4.69, 9.17) is 18.6 Å². The van der Waals surface area contributed by atoms with Crippen molar-refractivity contribution in [1.29, 1.82) is 0 Å². The predicted molar refractivity (Wildman–Crippen MR) is 118 cm³/mol. The molecule has 7 rings (SSSR count). The third-order valence-corrected chi connectivity index (χ3v) is 11.5. The fraction of sp³-hybridized carbons (Fsp3) is 0.769. The van der Waals surface area contributed by atoms with Gasteiger partial charge < -0.3 is 39.1 Å². The zero-order chi connectivity index (χ0) is 25.7. The molecular weight excluding hydrogens is 472 g/mol. The van der Waals surface area contributed by atoms with E-state index in [0.29, 0.717) is 18.4 Å². The van der Waals surface area contributed by atoms with Crippen molar-refractivity contribution < 1.29 is 48.6 Å². The van der Waals surface area contributed by atoms with E-state index in [-0.39, 0.29) is 19.4 Å². The van der Waals surface area contributed by atoms with Crippen molar-refractivity contribution >= 4 is 11.9 Å². The van der Waals surface area contributed by atoms with Crippen molar-refractivity contribution in [1.82, 2.24) is 0 Å². The summed E-state index contributed by atoms with van der Waals surface area (Å²) in [6.07, 6.45) is 0.783. The van der Waals surface area contributed by atoms with Gasteiger partial charge in [0.1, 0.15) is 29.5 Å². The second-order valence-electron chi connectivity index (χ2n) is 12.9. The van der Waals surface area contributed by atoms with Crippen LogP contribution in [0.15, 0.2) is 23.0 Å². The highest BCUT2D eigenvalue weighted by Crippen LogP contribution is 2.83. The SMILES string of the molecule is CC1(C)C(O)C2(O)CC34OC2(O)C2(COC(=O)CC12)C3CCC1(C)C(c2ccoc2)OC(=O)CC14O. The number of ether oxygens (including phenoxy) is 3. The average molecular weight is 505 g/mol. The minimum absolute atomic E-state index is 0.0617. The van der Waals surface area contributed by atoms with Crippen LogP contribution < -0.4 is 0 Å². The van der Waals surface area contributed by atoms with Crippen molar-refractivity contribution in [3.8, 4) is 0 Å². The quantitative estimate of drug-likeness (QED) is 0.406. The van der Waals surface area contributed by atoms with Crippen LogP contribution in [-0.2, 0) is 23.8 Å². The maximum absolute atomic E-state index is 13.0. The van der Waals surface area contributed by atoms with E-state index in [9.17, 15) is 30.0 Å². The molecule has 4 aliphatic heterocycles. The van der Waals surface area contributed by atoms with Gasteiger partial charge in [0, 0.05) is 29.7 Å². The molecule has 2 saturated carbocycles. The van der Waals surface area contributed by atoms with Crippen LogP contribution in [0.25, 0.3) is 0 Å². The third-order valence-electron chi connectivity index (χ3n) is 11.5. The monoisotopic (exact) mass is 504 g/mol. The van der Waals surface area contributed by atoms with Crippen LogP contribution in [0.4, 0.5) is 0 Å². The molecule has 36 heavy (non-hydrogen) atoms. The first-order valence-corrected chi connectivity index (χ1v) is 12.7. The number of carbonyl (C=O) groups excluding carboxylic acids is 2. The van der Waals surface area contributed by atoms with Gasteiger partial charge in [-0.3, -0.25) is 9.59 Å². The number of cyclic esters (lactones) is 2. The lowest BCUT2D eigenvalue weighted by molar-refractivity contribution is -0.388. The molecule has 10 nitrogen and oxygen atoms in total. The van der Waals surface area contributed by atoms with Gasteiger partial charge in [-0.25, -0.2) is 0 Å². The van der Waals surface area contributed by atoms with Crippen LogP contribution in [0.2, 0.25) is 0 Å². The lowest BCUT2D eigenvalue weighted by Gasteiger charge is -2.71. The highest BCUT2D eigenvalue weighted by Gasteiger charge is 2.95. The molecule has 2 spiro atoms. The first-order chi connectivity index (χ1) is 16.7. The van der Waals surface area contributed by atoms with Gasteiger partial charge in [-0.15, -0.1) is 0 Å². The summed E-state index contributed by atoms with van der Waals surface area (Å²) in [5.74, 6) is -4.51. The van der Waals surface area contributed by atoms with Crippen molar-refractivity contribution in [2.45, 2.75) is 87.7 Å². The predicted octanol–water partition coefficient (Wildman–Crippen LogP) is 0.958. The Morgan fingerprint density at radius 2 is 1.81 bits per heavy atom. The van der Waals surface area contributed by atoms with Crippen molar-refractivity contribution in [3.63, 3.8) is 0 Å². The Balaban J connectivity index is 1.47. The molecule has 1 aromatic heterocycles. The molecule has 196 valence electrons. The van der Waals surface area contributed by atoms with Crippen molar-refractivity contribution in [3.05, 3.63) is 24.2 Å². The maximum atomic E-state index is 13.0. The smallest absolute Gasteiger partial charge is 0.309 e. The number of furan rings is 1. The van der Waals surface area contributed by atoms with Gasteiger partial charge >= 0.3 is 11.9 Å². The maximum Gasteiger partial charge on any atom is 0.309 e. The van der Waals surface area contributed by atoms with Gasteiger partial charge in [-0.2, -0.15) is 0 Å². The van der Waals surface area contributed by atoms with Crippen LogP contribution in [0.1, 0.15) is 64.5 Å². The van der Waals surface area contributed by atoms with Gasteiger partial charge in [0.2, 0.25) is 5.79 Å². The molecule has 10 unspecified atom stereocenters. The molecule has 6 aliphatic rings. The van der Waals surface area contributed by atoms with Gasteiger partial charge in [0.25, 0.3) is 0 Å². The Labute approximate surface area is 207 Å². The van der Waals surface area contributed by atoms with E-state index in [0.717, 1.165) is 0 Å². The minimum atomic E-state index is -2.29. The Morgan fingerprint density at radius 1 is 1.06 bits per heavy atom. The zero-order valence-corrected chi connectivity index (χ0v) is 20.5. The second-order valence-corrected chi connectivity index (χ2v) is 12.9. The molecule has 10 atom stereocenters. The van der Waals surface area contributed by atoms with Crippen LogP contribution in [0, 0.1) is 28.1 Å². The van der Waals surface area contributed by atoms with E-state index in [1.165, 1.54) is 12.5 Å². The minimum Gasteiger partial charge on any atom is -0.472 e. The zero-order valence-electron chi connectivity index (χ0n) is 20.5. The molecule has 4 N–H and O–H groups in total. The van der Waals surface area contributed by atoms with Crippen LogP contribution in [0.3, 0.4) is 0 Å². The fourth-order valence-electron chi connectivity index (χ4n) is 9.87. The standard InChI is InChI=1S/C26H32O10/c1-20(2)15-8-16(27)34-12-22(15)14-4-6-21(3)18(13-5-7-33-10-13)35-17(28)9-25(21,31)24(14)11-23(30,19(20)29)26(22,32)36-24/h5,7,10,14-15,18-19,29-32H,4,6,8-9,11-12H2,1-3H3. The number of rotatable bonds is 1. The number of hydrogen-bond acceptors (Lipinski definition) is 10. The van der Waals surface area contributed by atoms with E-state index in [2.05, 4.69) is 0 Å². The van der Waals surface area contributed by atoms with Crippen LogP contribution in [-0.4, -0.2) is 67.7 Å². The number of carbonyl (C=O) groups is 2. The number of hydrogen-bond donors (Lipinski definition) is 4. The summed E-state index contributed by atoms with van der Waals surface area (Å²) in [6.45, 7) is 5.19. The normalized spacial score (nSPS) is 56.3. The molecular formula is C26H32O10. The lowest BCUT2D eigenvalue weighted by Crippen LogP contribution is -2.83. The van der Waals surface area contributed by atoms with Crippen molar-refractivity contribution in [2.75, 3.05) is 6.61 Å². The number of aliphatic hydroxyl groups excluding tert-OH is 1. The van der Waals surface area contributed by atoms with E-state index >= 15 is 0 Å². The average Bonchev–Trinajstić information content (AvgIpc) is 3.47. The summed E-state index contributed by atoms with van der Waals surface area (Å²) in [5.41, 5.74) is -8.32. The summed E-state index contributed by atoms with van der Waals surface area (Å²) >= 11 is 0. The summed E-state index contributed by atoms with van der Waals surface area (Å²) in [5, 5.41) is 48.7. The Morgan fingerprint density at radius 3 is 2.50 bits per heavy atom. The topological polar surface area (TPSA) is 156 Å². The fourth-order valence-corrected chi connectivity index (χ4v) is 9.87.